The van der Waals surface area contributed by atoms with Gasteiger partial charge in [-0.2, -0.15) is 0 Å². The molecule has 7 heteroatoms. The molecule has 2 N–H and O–H groups in total. The first kappa shape index (κ1) is 24.0. The Balaban J connectivity index is 2.10. The highest BCUT2D eigenvalue weighted by atomic mass is 16.5. The van der Waals surface area contributed by atoms with Crippen LogP contribution in [0, 0.1) is 38.9 Å². The van der Waals surface area contributed by atoms with Crippen molar-refractivity contribution in [2.75, 3.05) is 7.11 Å². The number of Topliss-reactive ketones (excluding diaryl/α,β-unsaturated/α-hetero) is 2. The van der Waals surface area contributed by atoms with Crippen LogP contribution in [0.2, 0.25) is 0 Å². The fourth-order valence-electron chi connectivity index (χ4n) is 8.50. The first-order valence-corrected chi connectivity index (χ1v) is 11.4. The summed E-state index contributed by atoms with van der Waals surface area (Å²) in [7, 11) is 1.17. The van der Waals surface area contributed by atoms with Gasteiger partial charge in [0.1, 0.15) is 0 Å². The standard InChI is InChI=1S/C26H34O7/c1-13-23(5)12-15-22(4)10-9-16(28)21(2,3)17(22)14(27)11-24(15,6)26(13,20(31)33-8)19(30)25(7,32)18(23)29/h9-10,14-15,17,27,32H,1,11-12H2,2-8H3/t14-,15-,17+,22-,23+,24-,25-,26-/m0/s1. The average molecular weight is 459 g/mol. The van der Waals surface area contributed by atoms with E-state index in [4.69, 9.17) is 4.74 Å². The SMILES string of the molecule is C=C1[C@@]2(C)C[C@H]3[C@]4(C)C=CC(=O)C(C)(C)[C@H]4[C@@H](O)C[C@]3(C)[C@]1(C(=O)OC)C(=O)[C@@](C)(O)C2=O. The van der Waals surface area contributed by atoms with Gasteiger partial charge >= 0.3 is 5.97 Å². The molecule has 0 aromatic heterocycles. The van der Waals surface area contributed by atoms with E-state index in [1.807, 2.05) is 6.92 Å². The number of ether oxygens (including phenoxy) is 1. The topological polar surface area (TPSA) is 118 Å². The van der Waals surface area contributed by atoms with Gasteiger partial charge in [-0.05, 0) is 49.7 Å². The molecule has 4 aliphatic carbocycles. The van der Waals surface area contributed by atoms with Gasteiger partial charge in [-0.3, -0.25) is 19.2 Å². The molecule has 0 aromatic rings. The quantitative estimate of drug-likeness (QED) is 0.351. The number of aliphatic hydroxyl groups excluding tert-OH is 1. The molecule has 4 rings (SSSR count). The molecule has 8 atom stereocenters. The molecule has 7 nitrogen and oxygen atoms in total. The van der Waals surface area contributed by atoms with Crippen molar-refractivity contribution in [2.45, 2.75) is 66.1 Å². The van der Waals surface area contributed by atoms with Crippen molar-refractivity contribution in [1.82, 2.24) is 0 Å². The van der Waals surface area contributed by atoms with Crippen molar-refractivity contribution < 1.29 is 34.1 Å². The number of ketones is 3. The lowest BCUT2D eigenvalue weighted by Crippen LogP contribution is -2.78. The number of methoxy groups -OCH3 is 1. The van der Waals surface area contributed by atoms with Gasteiger partial charge in [0.25, 0.3) is 0 Å². The van der Waals surface area contributed by atoms with Crippen LogP contribution in [0.3, 0.4) is 0 Å². The highest BCUT2D eigenvalue weighted by Crippen LogP contribution is 2.75. The third-order valence-electron chi connectivity index (χ3n) is 10.0. The lowest BCUT2D eigenvalue weighted by atomic mass is 9.30. The van der Waals surface area contributed by atoms with Crippen molar-refractivity contribution >= 4 is 23.3 Å². The summed E-state index contributed by atoms with van der Waals surface area (Å²) in [6, 6.07) is 0. The number of carbonyl (C=O) groups is 4. The normalized spacial score (nSPS) is 50.5. The van der Waals surface area contributed by atoms with E-state index in [0.29, 0.717) is 0 Å². The van der Waals surface area contributed by atoms with Crippen LogP contribution in [-0.2, 0) is 23.9 Å². The maximum atomic E-state index is 14.0. The maximum absolute atomic E-state index is 14.0. The van der Waals surface area contributed by atoms with E-state index in [1.54, 1.807) is 33.8 Å². The van der Waals surface area contributed by atoms with Crippen LogP contribution in [0.15, 0.2) is 24.3 Å². The Labute approximate surface area is 194 Å². The first-order chi connectivity index (χ1) is 14.9. The number of fused-ring (bicyclic) bond motifs is 6. The zero-order chi connectivity index (χ0) is 25.2. The van der Waals surface area contributed by atoms with Gasteiger partial charge in [0.2, 0.25) is 0 Å². The van der Waals surface area contributed by atoms with E-state index in [0.717, 1.165) is 6.92 Å². The average Bonchev–Trinajstić information content (AvgIpc) is 2.71. The van der Waals surface area contributed by atoms with Crippen LogP contribution in [-0.4, -0.2) is 52.3 Å². The summed E-state index contributed by atoms with van der Waals surface area (Å²) in [5, 5.41) is 22.6. The Bertz CT molecular complexity index is 1040. The molecule has 4 aliphatic rings. The molecular weight excluding hydrogens is 424 g/mol. The van der Waals surface area contributed by atoms with Crippen LogP contribution in [0.1, 0.15) is 54.4 Å². The summed E-state index contributed by atoms with van der Waals surface area (Å²) in [6.07, 6.45) is 2.51. The zero-order valence-corrected chi connectivity index (χ0v) is 20.4. The van der Waals surface area contributed by atoms with E-state index in [1.165, 1.54) is 13.2 Å². The minimum absolute atomic E-state index is 0.0166. The van der Waals surface area contributed by atoms with E-state index in [2.05, 4.69) is 6.58 Å². The van der Waals surface area contributed by atoms with Crippen LogP contribution in [0.4, 0.5) is 0 Å². The number of esters is 1. The number of allylic oxidation sites excluding steroid dienone is 2. The van der Waals surface area contributed by atoms with Crippen LogP contribution < -0.4 is 0 Å². The molecule has 0 aliphatic heterocycles. The molecule has 2 bridgehead atoms. The number of hydrogen-bond acceptors (Lipinski definition) is 7. The van der Waals surface area contributed by atoms with Gasteiger partial charge in [-0.15, -0.1) is 0 Å². The molecule has 0 saturated heterocycles. The molecule has 180 valence electrons. The van der Waals surface area contributed by atoms with Crippen molar-refractivity contribution in [3.63, 3.8) is 0 Å². The summed E-state index contributed by atoms with van der Waals surface area (Å²) >= 11 is 0. The van der Waals surface area contributed by atoms with Gasteiger partial charge in [-0.25, -0.2) is 0 Å². The van der Waals surface area contributed by atoms with Gasteiger partial charge in [0.05, 0.1) is 18.6 Å². The summed E-state index contributed by atoms with van der Waals surface area (Å²) in [5.41, 5.74) is -8.59. The minimum Gasteiger partial charge on any atom is -0.468 e. The molecule has 0 spiro atoms. The Kier molecular flexibility index (Phi) is 4.59. The molecule has 0 amide bonds. The Morgan fingerprint density at radius 2 is 1.64 bits per heavy atom. The number of aliphatic hydroxyl groups is 2. The second-order valence-electron chi connectivity index (χ2n) is 12.0. The first-order valence-electron chi connectivity index (χ1n) is 11.4. The molecule has 3 fully saturated rings. The molecule has 3 saturated carbocycles. The Morgan fingerprint density at radius 1 is 1.06 bits per heavy atom. The zero-order valence-electron chi connectivity index (χ0n) is 20.4. The predicted molar refractivity (Wildman–Crippen MR) is 119 cm³/mol. The predicted octanol–water partition coefficient (Wildman–Crippen LogP) is 2.19. The molecular formula is C26H34O7. The van der Waals surface area contributed by atoms with Crippen LogP contribution in [0.25, 0.3) is 0 Å². The smallest absolute Gasteiger partial charge is 0.324 e. The largest absolute Gasteiger partial charge is 0.468 e. The minimum atomic E-state index is -2.40. The van der Waals surface area contributed by atoms with Crippen LogP contribution >= 0.6 is 0 Å². The van der Waals surface area contributed by atoms with E-state index < -0.39 is 68.2 Å². The van der Waals surface area contributed by atoms with E-state index in [9.17, 15) is 29.4 Å². The van der Waals surface area contributed by atoms with Gasteiger partial charge in [0.15, 0.2) is 28.4 Å². The summed E-state index contributed by atoms with van der Waals surface area (Å²) in [4.78, 5) is 53.9. The van der Waals surface area contributed by atoms with Crippen LogP contribution in [0.5, 0.6) is 0 Å². The Morgan fingerprint density at radius 3 is 2.18 bits per heavy atom. The lowest BCUT2D eigenvalue weighted by molar-refractivity contribution is -0.227. The molecule has 0 heterocycles. The second kappa shape index (κ2) is 6.30. The van der Waals surface area contributed by atoms with Gasteiger partial charge in [0, 0.05) is 16.7 Å². The molecule has 0 radical (unpaired) electrons. The summed E-state index contributed by atoms with van der Waals surface area (Å²) < 4.78 is 5.16. The third-order valence-corrected chi connectivity index (χ3v) is 10.0. The van der Waals surface area contributed by atoms with Crippen molar-refractivity contribution in [3.8, 4) is 0 Å². The molecule has 0 aromatic carbocycles. The molecule has 0 unspecified atom stereocenters. The third kappa shape index (κ3) is 2.28. The van der Waals surface area contributed by atoms with E-state index in [-0.39, 0.29) is 24.2 Å². The highest BCUT2D eigenvalue weighted by Gasteiger charge is 2.82. The van der Waals surface area contributed by atoms with Gasteiger partial charge < -0.3 is 14.9 Å². The highest BCUT2D eigenvalue weighted by molar-refractivity contribution is 6.26. The fraction of sp³-hybridized carbons (Fsp3) is 0.692. The van der Waals surface area contributed by atoms with Crippen molar-refractivity contribution in [1.29, 1.82) is 0 Å². The number of hydrogen-bond donors (Lipinski definition) is 2. The van der Waals surface area contributed by atoms with Crippen molar-refractivity contribution in [2.24, 2.45) is 38.9 Å². The fourth-order valence-corrected chi connectivity index (χ4v) is 8.50. The maximum Gasteiger partial charge on any atom is 0.324 e. The Hall–Kier alpha value is -2.12. The van der Waals surface area contributed by atoms with E-state index >= 15 is 0 Å². The molecule has 33 heavy (non-hydrogen) atoms. The lowest BCUT2D eigenvalue weighted by Gasteiger charge is -2.71. The monoisotopic (exact) mass is 458 g/mol. The summed E-state index contributed by atoms with van der Waals surface area (Å²) in [6.45, 7) is 14.1. The number of rotatable bonds is 1. The second-order valence-corrected chi connectivity index (χ2v) is 12.0. The summed E-state index contributed by atoms with van der Waals surface area (Å²) in [5.74, 6) is -3.57. The van der Waals surface area contributed by atoms with Crippen molar-refractivity contribution in [3.05, 3.63) is 24.3 Å². The number of carbonyl (C=O) groups excluding carboxylic acids is 4. The van der Waals surface area contributed by atoms with Gasteiger partial charge in [-0.1, -0.05) is 40.3 Å².